The highest BCUT2D eigenvalue weighted by Crippen LogP contribution is 2.13. The number of Topliss-reactive ketones (excluding diaryl/α,β-unsaturated/α-hetero) is 1. The molecule has 0 heterocycles. The Kier molecular flexibility index (Phi) is 7.08. The molecule has 6 heteroatoms. The molecule has 0 spiro atoms. The van der Waals surface area contributed by atoms with E-state index >= 15 is 0 Å². The molecule has 1 amide bonds. The number of methoxy groups -OCH3 is 2. The third kappa shape index (κ3) is 5.55. The molecule has 0 saturated carbocycles. The molecule has 0 radical (unpaired) electrons. The molecule has 0 bridgehead atoms. The molecule has 0 unspecified atom stereocenters. The number of hydrogen-bond donors (Lipinski definition) is 1. The van der Waals surface area contributed by atoms with Crippen LogP contribution in [-0.4, -0.2) is 37.9 Å². The van der Waals surface area contributed by atoms with E-state index in [9.17, 15) is 14.4 Å². The maximum Gasteiger partial charge on any atom is 0.328 e. The van der Waals surface area contributed by atoms with E-state index < -0.39 is 12.0 Å². The zero-order valence-corrected chi connectivity index (χ0v) is 13.0. The van der Waals surface area contributed by atoms with Gasteiger partial charge in [0.05, 0.1) is 14.2 Å². The van der Waals surface area contributed by atoms with Crippen LogP contribution in [0.3, 0.4) is 0 Å². The molecule has 0 fully saturated rings. The van der Waals surface area contributed by atoms with Crippen LogP contribution in [0.15, 0.2) is 24.3 Å². The lowest BCUT2D eigenvalue weighted by atomic mass is 10.1. The Bertz CT molecular complexity index is 524. The molecule has 0 aliphatic heterocycles. The number of carbonyl (C=O) groups excluding carboxylic acids is 3. The number of rotatable bonds is 8. The maximum absolute atomic E-state index is 12.0. The summed E-state index contributed by atoms with van der Waals surface area (Å²) in [7, 11) is 2.82. The Labute approximate surface area is 129 Å². The lowest BCUT2D eigenvalue weighted by molar-refractivity contribution is -0.144. The lowest BCUT2D eigenvalue weighted by Crippen LogP contribution is -2.39. The third-order valence-electron chi connectivity index (χ3n) is 3.15. The fourth-order valence-corrected chi connectivity index (χ4v) is 1.88. The normalized spacial score (nSPS) is 11.4. The second-order valence-electron chi connectivity index (χ2n) is 4.82. The highest BCUT2D eigenvalue weighted by Gasteiger charge is 2.15. The average Bonchev–Trinajstić information content (AvgIpc) is 2.53. The molecular formula is C16H21NO5. The van der Waals surface area contributed by atoms with Crippen molar-refractivity contribution >= 4 is 17.7 Å². The molecule has 6 nitrogen and oxygen atoms in total. The molecule has 22 heavy (non-hydrogen) atoms. The molecule has 120 valence electrons. The first kappa shape index (κ1) is 17.7. The zero-order chi connectivity index (χ0) is 16.5. The van der Waals surface area contributed by atoms with E-state index in [2.05, 4.69) is 10.1 Å². The Morgan fingerprint density at radius 1 is 1.09 bits per heavy atom. The summed E-state index contributed by atoms with van der Waals surface area (Å²) in [6.45, 7) is 1.55. The van der Waals surface area contributed by atoms with Crippen molar-refractivity contribution < 1.29 is 23.9 Å². The van der Waals surface area contributed by atoms with Crippen molar-refractivity contribution in [3.05, 3.63) is 29.8 Å². The Balaban J connectivity index is 2.35. The first-order chi connectivity index (χ1) is 10.5. The summed E-state index contributed by atoms with van der Waals surface area (Å²) in [4.78, 5) is 34.7. The Hall–Kier alpha value is -2.37. The van der Waals surface area contributed by atoms with Crippen molar-refractivity contribution in [2.75, 3.05) is 14.2 Å². The summed E-state index contributed by atoms with van der Waals surface area (Å²) in [6.07, 6.45) is 0.875. The van der Waals surface area contributed by atoms with Gasteiger partial charge < -0.3 is 14.8 Å². The van der Waals surface area contributed by atoms with Gasteiger partial charge in [-0.25, -0.2) is 4.79 Å². The minimum atomic E-state index is -0.685. The molecule has 1 rings (SSSR count). The summed E-state index contributed by atoms with van der Waals surface area (Å²) >= 11 is 0. The van der Waals surface area contributed by atoms with Gasteiger partial charge in [0, 0.05) is 18.4 Å². The van der Waals surface area contributed by atoms with Gasteiger partial charge >= 0.3 is 5.97 Å². The average molecular weight is 307 g/mol. The minimum Gasteiger partial charge on any atom is -0.497 e. The van der Waals surface area contributed by atoms with Gasteiger partial charge in [0.1, 0.15) is 11.8 Å². The number of amides is 1. The fraction of sp³-hybridized carbons (Fsp3) is 0.438. The molecule has 1 aromatic rings. The predicted molar refractivity (Wildman–Crippen MR) is 80.8 cm³/mol. The molecule has 1 atom stereocenters. The van der Waals surface area contributed by atoms with Gasteiger partial charge in [-0.1, -0.05) is 0 Å². The lowest BCUT2D eigenvalue weighted by Gasteiger charge is -2.11. The summed E-state index contributed by atoms with van der Waals surface area (Å²) in [5, 5.41) is 2.52. The van der Waals surface area contributed by atoms with Crippen LogP contribution in [0.5, 0.6) is 5.75 Å². The van der Waals surface area contributed by atoms with E-state index in [4.69, 9.17) is 4.74 Å². The topological polar surface area (TPSA) is 81.7 Å². The second-order valence-corrected chi connectivity index (χ2v) is 4.82. The van der Waals surface area contributed by atoms with Gasteiger partial charge in [-0.3, -0.25) is 9.59 Å². The van der Waals surface area contributed by atoms with Crippen molar-refractivity contribution in [1.29, 1.82) is 0 Å². The van der Waals surface area contributed by atoms with Crippen LogP contribution < -0.4 is 10.1 Å². The highest BCUT2D eigenvalue weighted by molar-refractivity contribution is 5.96. The summed E-state index contributed by atoms with van der Waals surface area (Å²) in [5.74, 6) is -0.118. The van der Waals surface area contributed by atoms with Gasteiger partial charge in [-0.15, -0.1) is 0 Å². The number of ketones is 1. The van der Waals surface area contributed by atoms with Crippen LogP contribution in [-0.2, 0) is 14.3 Å². The van der Waals surface area contributed by atoms with E-state index in [0.29, 0.717) is 17.7 Å². The molecule has 0 aliphatic rings. The smallest absolute Gasteiger partial charge is 0.328 e. The first-order valence-corrected chi connectivity index (χ1v) is 7.02. The molecule has 0 aliphatic carbocycles. The second kappa shape index (κ2) is 8.81. The summed E-state index contributed by atoms with van der Waals surface area (Å²) in [5.41, 5.74) is 0.587. The largest absolute Gasteiger partial charge is 0.497 e. The predicted octanol–water partition coefficient (Wildman–Crippen LogP) is 1.73. The van der Waals surface area contributed by atoms with E-state index in [0.717, 1.165) is 0 Å². The van der Waals surface area contributed by atoms with Crippen LogP contribution in [0, 0.1) is 0 Å². The highest BCUT2D eigenvalue weighted by atomic mass is 16.5. The van der Waals surface area contributed by atoms with Gasteiger partial charge in [-0.05, 0) is 37.6 Å². The monoisotopic (exact) mass is 307 g/mol. The van der Waals surface area contributed by atoms with E-state index in [1.54, 1.807) is 38.3 Å². The minimum absolute atomic E-state index is 0.0310. The van der Waals surface area contributed by atoms with Gasteiger partial charge in [0.25, 0.3) is 0 Å². The van der Waals surface area contributed by atoms with Crippen LogP contribution in [0.2, 0.25) is 0 Å². The number of esters is 1. The van der Waals surface area contributed by atoms with Crippen LogP contribution >= 0.6 is 0 Å². The summed E-state index contributed by atoms with van der Waals surface area (Å²) < 4.78 is 9.54. The van der Waals surface area contributed by atoms with Crippen molar-refractivity contribution in [3.8, 4) is 5.75 Å². The number of hydrogen-bond acceptors (Lipinski definition) is 5. The summed E-state index contributed by atoms with van der Waals surface area (Å²) in [6, 6.07) is 6.15. The number of benzene rings is 1. The van der Waals surface area contributed by atoms with E-state index in [1.807, 2.05) is 0 Å². The van der Waals surface area contributed by atoms with Gasteiger partial charge in [0.2, 0.25) is 5.91 Å². The van der Waals surface area contributed by atoms with Gasteiger partial charge in [-0.2, -0.15) is 0 Å². The molecule has 1 N–H and O–H groups in total. The van der Waals surface area contributed by atoms with Crippen molar-refractivity contribution in [2.45, 2.75) is 32.2 Å². The van der Waals surface area contributed by atoms with Crippen LogP contribution in [0.25, 0.3) is 0 Å². The fourth-order valence-electron chi connectivity index (χ4n) is 1.88. The number of nitrogens with one attached hydrogen (secondary N) is 1. The van der Waals surface area contributed by atoms with Crippen molar-refractivity contribution in [1.82, 2.24) is 5.32 Å². The van der Waals surface area contributed by atoms with Crippen LogP contribution in [0.4, 0.5) is 0 Å². The Morgan fingerprint density at radius 2 is 1.73 bits per heavy atom. The van der Waals surface area contributed by atoms with E-state index in [1.165, 1.54) is 7.11 Å². The molecule has 0 aromatic heterocycles. The molecule has 0 saturated heterocycles. The van der Waals surface area contributed by atoms with Gasteiger partial charge in [0.15, 0.2) is 5.78 Å². The van der Waals surface area contributed by atoms with Crippen molar-refractivity contribution in [3.63, 3.8) is 0 Å². The SMILES string of the molecule is COC(=O)[C@@H](C)NC(=O)CCCC(=O)c1ccc(OC)cc1. The standard InChI is InChI=1S/C16H21NO5/c1-11(16(20)22-3)17-15(19)6-4-5-14(18)12-7-9-13(21-2)10-8-12/h7-11H,4-6H2,1-3H3,(H,17,19)/t11-/m1/s1. The van der Waals surface area contributed by atoms with E-state index in [-0.39, 0.29) is 24.5 Å². The molecular weight excluding hydrogens is 286 g/mol. The number of ether oxygens (including phenoxy) is 2. The maximum atomic E-state index is 12.0. The van der Waals surface area contributed by atoms with Crippen molar-refractivity contribution in [2.24, 2.45) is 0 Å². The van der Waals surface area contributed by atoms with Crippen LogP contribution in [0.1, 0.15) is 36.5 Å². The first-order valence-electron chi connectivity index (χ1n) is 7.02. The Morgan fingerprint density at radius 3 is 2.27 bits per heavy atom. The number of carbonyl (C=O) groups is 3. The third-order valence-corrected chi connectivity index (χ3v) is 3.15. The molecule has 1 aromatic carbocycles. The zero-order valence-electron chi connectivity index (χ0n) is 13.0. The quantitative estimate of drug-likeness (QED) is 0.584.